The predicted molar refractivity (Wildman–Crippen MR) is 264 cm³/mol. The molecular formula is C49H70N10O15. The maximum absolute atomic E-state index is 14.2. The predicted octanol–water partition coefficient (Wildman–Crippen LogP) is -2.60. The number of carboxylic acid groups (broad SMARTS) is 3. The number of aliphatic carboxylic acids is 3. The van der Waals surface area contributed by atoms with Gasteiger partial charge in [0.1, 0.15) is 54.4 Å². The van der Waals surface area contributed by atoms with Crippen molar-refractivity contribution in [2.75, 3.05) is 19.7 Å². The van der Waals surface area contributed by atoms with Crippen molar-refractivity contribution in [1.82, 2.24) is 42.1 Å². The van der Waals surface area contributed by atoms with E-state index in [0.717, 1.165) is 4.90 Å². The standard InChI is InChI=1S/C49H70N10O15/c1-27(2)40(47(71)52-28(3)41(65)53-32(17-10-11-21-50)43(67)57-36(49(73)74)24-30-15-8-5-9-16-30)58-45(69)34(23-29-13-6-4-7-14-29)55-44(68)35(25-39(63)64)56-46(70)37-18-12-22-59(37)48(72)33(19-20-38(61)62)54-42(66)31(51)26-60/h4-9,13-16,27-28,31-37,40,60H,10-12,17-26,50-51H2,1-3H3,(H,52,71)(H,53,65)(H,54,66)(H,55,68)(H,56,70)(H,57,67)(H,58,69)(H,61,62)(H,63,64)(H,73,74)/t28-,31-,32-,33-,34-,35-,36-,37-,40-/m0/s1. The minimum atomic E-state index is -1.84. The van der Waals surface area contributed by atoms with Crippen molar-refractivity contribution in [3.05, 3.63) is 71.8 Å². The second-order valence-electron chi connectivity index (χ2n) is 18.3. The number of aliphatic hydroxyl groups excluding tert-OH is 1. The van der Waals surface area contributed by atoms with Crippen molar-refractivity contribution in [2.24, 2.45) is 17.4 Å². The van der Waals surface area contributed by atoms with Crippen molar-refractivity contribution < 1.29 is 73.2 Å². The Balaban J connectivity index is 1.80. The van der Waals surface area contributed by atoms with Crippen molar-refractivity contribution in [3.8, 4) is 0 Å². The summed E-state index contributed by atoms with van der Waals surface area (Å²) < 4.78 is 0. The van der Waals surface area contributed by atoms with Crippen molar-refractivity contribution >= 4 is 65.2 Å². The van der Waals surface area contributed by atoms with Gasteiger partial charge in [0.05, 0.1) is 13.0 Å². The van der Waals surface area contributed by atoms with Gasteiger partial charge in [-0.05, 0) is 69.0 Å². The Morgan fingerprint density at radius 1 is 0.608 bits per heavy atom. The van der Waals surface area contributed by atoms with Gasteiger partial charge in [-0.25, -0.2) is 4.79 Å². The molecule has 25 heteroatoms. The Kier molecular flexibility index (Phi) is 25.1. The van der Waals surface area contributed by atoms with E-state index in [4.69, 9.17) is 11.5 Å². The summed E-state index contributed by atoms with van der Waals surface area (Å²) in [4.78, 5) is 146. The van der Waals surface area contributed by atoms with Gasteiger partial charge in [-0.15, -0.1) is 0 Å². The number of nitrogens with two attached hydrogens (primary N) is 2. The van der Waals surface area contributed by atoms with Gasteiger partial charge in [-0.2, -0.15) is 0 Å². The van der Waals surface area contributed by atoms with Crippen LogP contribution in [-0.4, -0.2) is 165 Å². The van der Waals surface area contributed by atoms with E-state index in [0.29, 0.717) is 24.0 Å². The summed E-state index contributed by atoms with van der Waals surface area (Å²) in [7, 11) is 0. The highest BCUT2D eigenvalue weighted by molar-refractivity contribution is 5.99. The molecule has 8 amide bonds. The molecular weight excluding hydrogens is 969 g/mol. The molecule has 0 saturated carbocycles. The fourth-order valence-electron chi connectivity index (χ4n) is 7.91. The maximum atomic E-state index is 14.2. The molecule has 2 aromatic rings. The quantitative estimate of drug-likeness (QED) is 0.0345. The number of benzene rings is 2. The highest BCUT2D eigenvalue weighted by Crippen LogP contribution is 2.21. The average Bonchev–Trinajstić information content (AvgIpc) is 3.86. The smallest absolute Gasteiger partial charge is 0.326 e. The van der Waals surface area contributed by atoms with Crippen LogP contribution in [0.1, 0.15) is 83.3 Å². The Morgan fingerprint density at radius 2 is 1.15 bits per heavy atom. The molecule has 74 heavy (non-hydrogen) atoms. The number of hydrogen-bond donors (Lipinski definition) is 13. The SMILES string of the molecule is CC(C)[C@H](NC(=O)[C@H](Cc1ccccc1)NC(=O)[C@H](CC(=O)O)NC(=O)[C@@H]1CCCN1C(=O)[C@H](CCC(=O)O)NC(=O)[C@@H](N)CO)C(=O)N[C@@H](C)C(=O)N[C@@H](CCCCN)C(=O)N[C@@H](Cc1ccccc1)C(=O)O. The van der Waals surface area contributed by atoms with Gasteiger partial charge in [0.15, 0.2) is 0 Å². The first-order chi connectivity index (χ1) is 35.1. The van der Waals surface area contributed by atoms with E-state index in [-0.39, 0.29) is 45.2 Å². The van der Waals surface area contributed by atoms with E-state index in [1.165, 1.54) is 6.92 Å². The minimum Gasteiger partial charge on any atom is -0.481 e. The lowest BCUT2D eigenvalue weighted by atomic mass is 10.00. The van der Waals surface area contributed by atoms with E-state index < -0.39 is 151 Å². The van der Waals surface area contributed by atoms with Crippen LogP contribution in [-0.2, 0) is 65.6 Å². The van der Waals surface area contributed by atoms with Crippen molar-refractivity contribution in [1.29, 1.82) is 0 Å². The van der Waals surface area contributed by atoms with Crippen LogP contribution in [0.25, 0.3) is 0 Å². The number of carbonyl (C=O) groups is 11. The largest absolute Gasteiger partial charge is 0.481 e. The molecule has 25 nitrogen and oxygen atoms in total. The fourth-order valence-corrected chi connectivity index (χ4v) is 7.91. The van der Waals surface area contributed by atoms with Crippen LogP contribution in [0, 0.1) is 5.92 Å². The summed E-state index contributed by atoms with van der Waals surface area (Å²) >= 11 is 0. The molecule has 1 saturated heterocycles. The van der Waals surface area contributed by atoms with Gasteiger partial charge in [0.2, 0.25) is 47.3 Å². The molecule has 406 valence electrons. The molecule has 0 unspecified atom stereocenters. The topological polar surface area (TPSA) is 408 Å². The summed E-state index contributed by atoms with van der Waals surface area (Å²) in [5.41, 5.74) is 12.4. The molecule has 9 atom stereocenters. The summed E-state index contributed by atoms with van der Waals surface area (Å²) in [6, 6.07) is 4.11. The summed E-state index contributed by atoms with van der Waals surface area (Å²) in [5.74, 6) is -12.0. The lowest BCUT2D eigenvalue weighted by Crippen LogP contribution is -2.61. The zero-order valence-electron chi connectivity index (χ0n) is 41.6. The number of rotatable bonds is 31. The lowest BCUT2D eigenvalue weighted by Gasteiger charge is -2.30. The molecule has 1 aliphatic rings. The molecule has 0 spiro atoms. The minimum absolute atomic E-state index is 0.0276. The van der Waals surface area contributed by atoms with Gasteiger partial charge in [0.25, 0.3) is 0 Å². The number of carboxylic acids is 3. The van der Waals surface area contributed by atoms with Crippen LogP contribution in [0.3, 0.4) is 0 Å². The first-order valence-corrected chi connectivity index (χ1v) is 24.3. The molecule has 3 rings (SSSR count). The number of nitrogens with zero attached hydrogens (tertiary/aromatic N) is 1. The van der Waals surface area contributed by atoms with Crippen LogP contribution in [0.4, 0.5) is 0 Å². The third kappa shape index (κ3) is 19.8. The number of amides is 8. The molecule has 15 N–H and O–H groups in total. The highest BCUT2D eigenvalue weighted by Gasteiger charge is 2.40. The lowest BCUT2D eigenvalue weighted by molar-refractivity contribution is -0.145. The average molecular weight is 1040 g/mol. The number of unbranched alkanes of at least 4 members (excludes halogenated alkanes) is 1. The van der Waals surface area contributed by atoms with Gasteiger partial charge < -0.3 is 74.0 Å². The van der Waals surface area contributed by atoms with Crippen LogP contribution >= 0.6 is 0 Å². The molecule has 1 fully saturated rings. The van der Waals surface area contributed by atoms with E-state index in [1.807, 2.05) is 0 Å². The Morgan fingerprint density at radius 3 is 1.69 bits per heavy atom. The van der Waals surface area contributed by atoms with Gasteiger partial charge in [-0.3, -0.25) is 47.9 Å². The molecule has 1 aliphatic heterocycles. The molecule has 0 aliphatic carbocycles. The zero-order valence-corrected chi connectivity index (χ0v) is 41.6. The molecule has 2 aromatic carbocycles. The van der Waals surface area contributed by atoms with E-state index in [9.17, 15) is 73.2 Å². The number of carbonyl (C=O) groups excluding carboxylic acids is 8. The van der Waals surface area contributed by atoms with Gasteiger partial charge in [-0.1, -0.05) is 74.5 Å². The Labute approximate surface area is 427 Å². The Hall–Kier alpha value is -7.51. The maximum Gasteiger partial charge on any atom is 0.326 e. The van der Waals surface area contributed by atoms with E-state index in [2.05, 4.69) is 37.2 Å². The normalized spacial score (nSPS) is 16.4. The second-order valence-corrected chi connectivity index (χ2v) is 18.3. The Bertz CT molecular complexity index is 2270. The first kappa shape index (κ1) is 60.8. The number of nitrogens with one attached hydrogen (secondary N) is 7. The monoisotopic (exact) mass is 1040 g/mol. The molecule has 0 bridgehead atoms. The van der Waals surface area contributed by atoms with Crippen LogP contribution in [0.15, 0.2) is 60.7 Å². The van der Waals surface area contributed by atoms with Crippen LogP contribution in [0.2, 0.25) is 0 Å². The third-order valence-electron chi connectivity index (χ3n) is 12.0. The second kappa shape index (κ2) is 30.5. The van der Waals surface area contributed by atoms with E-state index in [1.54, 1.807) is 74.5 Å². The zero-order chi connectivity index (χ0) is 55.1. The van der Waals surface area contributed by atoms with Crippen LogP contribution in [0.5, 0.6) is 0 Å². The van der Waals surface area contributed by atoms with Crippen molar-refractivity contribution in [2.45, 2.75) is 139 Å². The third-order valence-corrected chi connectivity index (χ3v) is 12.0. The van der Waals surface area contributed by atoms with Crippen molar-refractivity contribution in [3.63, 3.8) is 0 Å². The van der Waals surface area contributed by atoms with Crippen LogP contribution < -0.4 is 48.7 Å². The van der Waals surface area contributed by atoms with E-state index >= 15 is 0 Å². The summed E-state index contributed by atoms with van der Waals surface area (Å²) in [6.45, 7) is 3.98. The number of hydrogen-bond acceptors (Lipinski definition) is 14. The van der Waals surface area contributed by atoms with Gasteiger partial charge >= 0.3 is 17.9 Å². The molecule has 0 aromatic heterocycles. The highest BCUT2D eigenvalue weighted by atomic mass is 16.4. The first-order valence-electron chi connectivity index (χ1n) is 24.3. The molecule has 1 heterocycles. The molecule has 0 radical (unpaired) electrons. The summed E-state index contributed by atoms with van der Waals surface area (Å²) in [6.07, 6.45) is -0.961. The number of likely N-dealkylation sites (tertiary alicyclic amines) is 1. The summed E-state index contributed by atoms with van der Waals surface area (Å²) in [5, 5.41) is 55.7. The van der Waals surface area contributed by atoms with Gasteiger partial charge in [0, 0.05) is 25.8 Å². The number of aliphatic hydroxyl groups is 1. The fraction of sp³-hybridized carbons (Fsp3) is 0.531.